The van der Waals surface area contributed by atoms with Crippen molar-refractivity contribution in [3.8, 4) is 22.4 Å². The SMILES string of the molecule is O=c1[nH]c(-c2ccccc2)cn1C1CCN(Cc2ccc(-c3[c]cccc3)cc2)CC1. The van der Waals surface area contributed by atoms with Gasteiger partial charge in [-0.3, -0.25) is 9.47 Å². The van der Waals surface area contributed by atoms with E-state index in [4.69, 9.17) is 0 Å². The van der Waals surface area contributed by atoms with Crippen LogP contribution in [0.2, 0.25) is 0 Å². The number of benzene rings is 3. The lowest BCUT2D eigenvalue weighted by molar-refractivity contribution is 0.178. The first-order valence-electron chi connectivity index (χ1n) is 10.9. The van der Waals surface area contributed by atoms with E-state index in [0.717, 1.165) is 49.3 Å². The number of piperidine rings is 1. The molecule has 155 valence electrons. The molecule has 1 radical (unpaired) electrons. The van der Waals surface area contributed by atoms with Crippen LogP contribution in [0.25, 0.3) is 22.4 Å². The summed E-state index contributed by atoms with van der Waals surface area (Å²) in [6, 6.07) is 30.4. The number of aromatic nitrogens is 2. The standard InChI is InChI=1S/C27H26N3O/c31-27-28-26(24-9-5-2-6-10-24)20-30(27)25-15-17-29(18-16-25)19-21-11-13-23(14-12-21)22-7-3-1-4-8-22/h1-7,9-14,20,25H,15-19H2,(H,28,31). The van der Waals surface area contributed by atoms with Crippen molar-refractivity contribution in [2.24, 2.45) is 0 Å². The Hall–Kier alpha value is -3.37. The third-order valence-electron chi connectivity index (χ3n) is 6.16. The van der Waals surface area contributed by atoms with Crippen molar-refractivity contribution in [2.45, 2.75) is 25.4 Å². The van der Waals surface area contributed by atoms with E-state index >= 15 is 0 Å². The minimum absolute atomic E-state index is 0.00870. The lowest BCUT2D eigenvalue weighted by atomic mass is 10.0. The van der Waals surface area contributed by atoms with Crippen LogP contribution in [0.1, 0.15) is 24.4 Å². The van der Waals surface area contributed by atoms with Crippen LogP contribution in [0, 0.1) is 6.07 Å². The second-order valence-corrected chi connectivity index (χ2v) is 8.23. The van der Waals surface area contributed by atoms with Gasteiger partial charge in [-0.05, 0) is 41.2 Å². The molecule has 4 heteroatoms. The Morgan fingerprint density at radius 1 is 0.871 bits per heavy atom. The molecule has 1 N–H and O–H groups in total. The molecule has 0 atom stereocenters. The van der Waals surface area contributed by atoms with Crippen LogP contribution in [0.15, 0.2) is 89.9 Å². The van der Waals surface area contributed by atoms with Crippen molar-refractivity contribution < 1.29 is 0 Å². The highest BCUT2D eigenvalue weighted by Gasteiger charge is 2.22. The molecular weight excluding hydrogens is 382 g/mol. The van der Waals surface area contributed by atoms with Crippen LogP contribution < -0.4 is 5.69 Å². The molecule has 0 saturated carbocycles. The highest BCUT2D eigenvalue weighted by atomic mass is 16.1. The normalized spacial score (nSPS) is 15.2. The number of aromatic amines is 1. The van der Waals surface area contributed by atoms with Crippen LogP contribution in [0.3, 0.4) is 0 Å². The van der Waals surface area contributed by atoms with Crippen molar-refractivity contribution in [3.63, 3.8) is 0 Å². The van der Waals surface area contributed by atoms with Crippen molar-refractivity contribution in [1.29, 1.82) is 0 Å². The van der Waals surface area contributed by atoms with E-state index in [0.29, 0.717) is 0 Å². The molecule has 1 aromatic heterocycles. The van der Waals surface area contributed by atoms with E-state index in [2.05, 4.69) is 46.3 Å². The van der Waals surface area contributed by atoms with Gasteiger partial charge < -0.3 is 4.98 Å². The molecule has 1 aliphatic heterocycles. The summed E-state index contributed by atoms with van der Waals surface area (Å²) in [5.74, 6) is 0. The number of imidazole rings is 1. The number of hydrogen-bond acceptors (Lipinski definition) is 2. The monoisotopic (exact) mass is 408 g/mol. The number of likely N-dealkylation sites (tertiary alicyclic amines) is 1. The van der Waals surface area contributed by atoms with Crippen molar-refractivity contribution in [1.82, 2.24) is 14.5 Å². The number of rotatable bonds is 5. The van der Waals surface area contributed by atoms with E-state index in [1.807, 2.05) is 59.3 Å². The van der Waals surface area contributed by atoms with Gasteiger partial charge in [-0.15, -0.1) is 0 Å². The van der Waals surface area contributed by atoms with E-state index < -0.39 is 0 Å². The van der Waals surface area contributed by atoms with E-state index in [9.17, 15) is 4.79 Å². The topological polar surface area (TPSA) is 41.0 Å². The van der Waals surface area contributed by atoms with Gasteiger partial charge in [0, 0.05) is 31.9 Å². The summed E-state index contributed by atoms with van der Waals surface area (Å²) in [4.78, 5) is 18.0. The van der Waals surface area contributed by atoms with Gasteiger partial charge in [0.1, 0.15) is 0 Å². The molecule has 5 rings (SSSR count). The molecule has 1 fully saturated rings. The minimum atomic E-state index is -0.00870. The smallest absolute Gasteiger partial charge is 0.306 e. The fourth-order valence-electron chi connectivity index (χ4n) is 4.42. The van der Waals surface area contributed by atoms with Crippen molar-refractivity contribution in [2.75, 3.05) is 13.1 Å². The van der Waals surface area contributed by atoms with Gasteiger partial charge in [0.05, 0.1) is 5.69 Å². The first-order valence-corrected chi connectivity index (χ1v) is 10.9. The third-order valence-corrected chi connectivity index (χ3v) is 6.16. The summed E-state index contributed by atoms with van der Waals surface area (Å²) in [5, 5.41) is 0. The van der Waals surface area contributed by atoms with Crippen LogP contribution in [0.4, 0.5) is 0 Å². The molecule has 31 heavy (non-hydrogen) atoms. The summed E-state index contributed by atoms with van der Waals surface area (Å²) in [7, 11) is 0. The van der Waals surface area contributed by atoms with Crippen LogP contribution in [0.5, 0.6) is 0 Å². The maximum atomic E-state index is 12.5. The fourth-order valence-corrected chi connectivity index (χ4v) is 4.42. The molecule has 1 saturated heterocycles. The molecule has 0 aliphatic carbocycles. The molecule has 0 bridgehead atoms. The highest BCUT2D eigenvalue weighted by Crippen LogP contribution is 2.25. The van der Waals surface area contributed by atoms with Crippen LogP contribution in [-0.2, 0) is 6.54 Å². The molecule has 4 nitrogen and oxygen atoms in total. The first-order chi connectivity index (χ1) is 15.3. The summed E-state index contributed by atoms with van der Waals surface area (Å²) in [6.45, 7) is 2.94. The van der Waals surface area contributed by atoms with Gasteiger partial charge in [0.25, 0.3) is 0 Å². The molecule has 3 aromatic carbocycles. The summed E-state index contributed by atoms with van der Waals surface area (Å²) in [5.41, 5.74) is 5.58. The number of H-pyrrole nitrogens is 1. The number of hydrogen-bond donors (Lipinski definition) is 1. The fraction of sp³-hybridized carbons (Fsp3) is 0.222. The van der Waals surface area contributed by atoms with Gasteiger partial charge in [0.15, 0.2) is 0 Å². The second-order valence-electron chi connectivity index (χ2n) is 8.23. The maximum Gasteiger partial charge on any atom is 0.326 e. The predicted molar refractivity (Wildman–Crippen MR) is 125 cm³/mol. The average Bonchev–Trinajstić information content (AvgIpc) is 3.23. The zero-order valence-electron chi connectivity index (χ0n) is 17.5. The molecular formula is C27H26N3O. The van der Waals surface area contributed by atoms with Gasteiger partial charge >= 0.3 is 5.69 Å². The van der Waals surface area contributed by atoms with Crippen molar-refractivity contribution in [3.05, 3.63) is 107 Å². The zero-order valence-corrected chi connectivity index (χ0v) is 17.5. The Bertz CT molecular complexity index is 1170. The molecule has 2 heterocycles. The Morgan fingerprint density at radius 2 is 1.61 bits per heavy atom. The minimum Gasteiger partial charge on any atom is -0.306 e. The van der Waals surface area contributed by atoms with Gasteiger partial charge in [-0.25, -0.2) is 4.79 Å². The Kier molecular flexibility index (Phi) is 5.55. The molecule has 4 aromatic rings. The lowest BCUT2D eigenvalue weighted by Gasteiger charge is -2.32. The molecule has 0 unspecified atom stereocenters. The zero-order chi connectivity index (χ0) is 21.0. The van der Waals surface area contributed by atoms with Crippen LogP contribution in [-0.4, -0.2) is 27.5 Å². The number of nitrogens with one attached hydrogen (secondary N) is 1. The Labute approximate surface area is 182 Å². The highest BCUT2D eigenvalue weighted by molar-refractivity contribution is 5.62. The molecule has 0 spiro atoms. The molecule has 1 aliphatic rings. The van der Waals surface area contributed by atoms with Crippen molar-refractivity contribution >= 4 is 0 Å². The maximum absolute atomic E-state index is 12.5. The van der Waals surface area contributed by atoms with E-state index in [1.165, 1.54) is 11.1 Å². The first kappa shape index (κ1) is 19.6. The molecule has 0 amide bonds. The summed E-state index contributed by atoms with van der Waals surface area (Å²) in [6.07, 6.45) is 3.96. The predicted octanol–water partition coefficient (Wildman–Crippen LogP) is 5.15. The van der Waals surface area contributed by atoms with Gasteiger partial charge in [-0.2, -0.15) is 0 Å². The summed E-state index contributed by atoms with van der Waals surface area (Å²) >= 11 is 0. The lowest BCUT2D eigenvalue weighted by Crippen LogP contribution is -2.36. The van der Waals surface area contributed by atoms with Gasteiger partial charge in [-0.1, -0.05) is 78.9 Å². The third kappa shape index (κ3) is 4.39. The average molecular weight is 409 g/mol. The number of nitrogens with zero attached hydrogens (tertiary/aromatic N) is 2. The summed E-state index contributed by atoms with van der Waals surface area (Å²) < 4.78 is 1.89. The Morgan fingerprint density at radius 3 is 2.32 bits per heavy atom. The van der Waals surface area contributed by atoms with E-state index in [-0.39, 0.29) is 11.7 Å². The van der Waals surface area contributed by atoms with E-state index in [1.54, 1.807) is 0 Å². The second kappa shape index (κ2) is 8.78. The van der Waals surface area contributed by atoms with Gasteiger partial charge in [0.2, 0.25) is 0 Å². The Balaban J connectivity index is 1.20. The largest absolute Gasteiger partial charge is 0.326 e. The van der Waals surface area contributed by atoms with Crippen LogP contribution >= 0.6 is 0 Å². The quantitative estimate of drug-likeness (QED) is 0.496.